The van der Waals surface area contributed by atoms with Crippen molar-refractivity contribution in [3.63, 3.8) is 0 Å². The molecule has 5 nitrogen and oxygen atoms in total. The molecule has 0 bridgehead atoms. The molecule has 0 aliphatic carbocycles. The molecule has 1 rings (SSSR count). The number of carbonyl (C=O) groups excluding carboxylic acids is 2. The Morgan fingerprint density at radius 2 is 1.80 bits per heavy atom. The number of rotatable bonds is 4. The van der Waals surface area contributed by atoms with Crippen LogP contribution in [0.2, 0.25) is 0 Å². The molecule has 0 unspecified atom stereocenters. The first-order chi connectivity index (χ1) is 9.20. The molecule has 0 atom stereocenters. The maximum atomic E-state index is 12.4. The Balaban J connectivity index is 2.57. The molecule has 1 saturated heterocycles. The average molecular weight is 284 g/mol. The van der Waals surface area contributed by atoms with Crippen LogP contribution in [0.5, 0.6) is 0 Å². The zero-order valence-electron chi connectivity index (χ0n) is 13.3. The number of hydrogen-bond acceptors (Lipinski definition) is 3. The van der Waals surface area contributed by atoms with Crippen molar-refractivity contribution in [2.45, 2.75) is 46.1 Å². The number of amides is 2. The van der Waals surface area contributed by atoms with Gasteiger partial charge in [0.25, 0.3) is 0 Å². The summed E-state index contributed by atoms with van der Waals surface area (Å²) in [5.41, 5.74) is -0.540. The van der Waals surface area contributed by atoms with Crippen molar-refractivity contribution < 1.29 is 14.7 Å². The van der Waals surface area contributed by atoms with Crippen molar-refractivity contribution in [3.05, 3.63) is 0 Å². The Morgan fingerprint density at radius 1 is 1.30 bits per heavy atom. The molecular formula is C15H28N2O3. The number of likely N-dealkylation sites (N-methyl/N-ethyl adjacent to an activating group) is 1. The lowest BCUT2D eigenvalue weighted by Crippen LogP contribution is -2.52. The molecule has 116 valence electrons. The average Bonchev–Trinajstić information content (AvgIpc) is 2.44. The molecule has 0 radical (unpaired) electrons. The number of hydrogen-bond donors (Lipinski definition) is 1. The summed E-state index contributed by atoms with van der Waals surface area (Å²) in [6, 6.07) is 0. The maximum Gasteiger partial charge on any atom is 0.226 e. The summed E-state index contributed by atoms with van der Waals surface area (Å²) >= 11 is 0. The van der Waals surface area contributed by atoms with Crippen LogP contribution < -0.4 is 0 Å². The second-order valence-electron chi connectivity index (χ2n) is 6.62. The van der Waals surface area contributed by atoms with Gasteiger partial charge in [0.1, 0.15) is 0 Å². The number of aliphatic hydroxyl groups is 1. The van der Waals surface area contributed by atoms with Crippen molar-refractivity contribution in [3.8, 4) is 0 Å². The highest BCUT2D eigenvalue weighted by molar-refractivity contribution is 5.81. The van der Waals surface area contributed by atoms with Gasteiger partial charge in [0.2, 0.25) is 11.8 Å². The lowest BCUT2D eigenvalue weighted by atomic mass is 9.92. The quantitative estimate of drug-likeness (QED) is 0.841. The van der Waals surface area contributed by atoms with E-state index in [1.54, 1.807) is 11.9 Å². The fourth-order valence-electron chi connectivity index (χ4n) is 2.39. The molecule has 0 aromatic rings. The summed E-state index contributed by atoms with van der Waals surface area (Å²) in [5, 5.41) is 9.34. The van der Waals surface area contributed by atoms with E-state index in [0.29, 0.717) is 25.9 Å². The fraction of sp³-hybridized carbons (Fsp3) is 0.867. The van der Waals surface area contributed by atoms with Crippen molar-refractivity contribution in [2.75, 3.05) is 26.7 Å². The Bertz CT molecular complexity index is 358. The van der Waals surface area contributed by atoms with E-state index in [-0.39, 0.29) is 30.3 Å². The molecule has 1 N–H and O–H groups in total. The van der Waals surface area contributed by atoms with Crippen LogP contribution in [0.4, 0.5) is 0 Å². The van der Waals surface area contributed by atoms with Gasteiger partial charge in [-0.1, -0.05) is 13.8 Å². The Hall–Kier alpha value is -1.10. The van der Waals surface area contributed by atoms with Crippen LogP contribution in [0.1, 0.15) is 40.5 Å². The third-order valence-corrected chi connectivity index (χ3v) is 4.28. The van der Waals surface area contributed by atoms with Gasteiger partial charge < -0.3 is 14.9 Å². The number of piperidine rings is 1. The molecular weight excluding hydrogens is 256 g/mol. The van der Waals surface area contributed by atoms with Crippen LogP contribution >= 0.6 is 0 Å². The van der Waals surface area contributed by atoms with E-state index < -0.39 is 5.54 Å². The minimum atomic E-state index is -0.540. The van der Waals surface area contributed by atoms with Crippen molar-refractivity contribution >= 4 is 11.8 Å². The van der Waals surface area contributed by atoms with Crippen LogP contribution in [0.15, 0.2) is 0 Å². The normalized spacial score (nSPS) is 17.4. The van der Waals surface area contributed by atoms with E-state index in [1.807, 2.05) is 32.6 Å². The number of likely N-dealkylation sites (tertiary alicyclic amines) is 1. The summed E-state index contributed by atoms with van der Waals surface area (Å²) < 4.78 is 0. The molecule has 5 heteroatoms. The predicted molar refractivity (Wildman–Crippen MR) is 78.1 cm³/mol. The number of nitrogens with zero attached hydrogens (tertiary/aromatic N) is 2. The smallest absolute Gasteiger partial charge is 0.226 e. The highest BCUT2D eigenvalue weighted by Crippen LogP contribution is 2.23. The summed E-state index contributed by atoms with van der Waals surface area (Å²) in [6.07, 6.45) is 1.42. The molecule has 1 heterocycles. The summed E-state index contributed by atoms with van der Waals surface area (Å²) in [4.78, 5) is 27.8. The fourth-order valence-corrected chi connectivity index (χ4v) is 2.39. The van der Waals surface area contributed by atoms with Gasteiger partial charge in [0.15, 0.2) is 0 Å². The first-order valence-electron chi connectivity index (χ1n) is 7.38. The minimum absolute atomic E-state index is 0.0123. The standard InChI is InChI=1S/C15H28N2O3/c1-11(2)13(19)17-8-6-12(7-9-17)14(20)16(5)15(3,4)10-18/h11-12,18H,6-10H2,1-5H3. The SMILES string of the molecule is CC(C)C(=O)N1CCC(C(=O)N(C)C(C)(C)CO)CC1. The molecule has 1 aliphatic heterocycles. The Kier molecular flexibility index (Phi) is 5.57. The van der Waals surface area contributed by atoms with E-state index >= 15 is 0 Å². The lowest BCUT2D eigenvalue weighted by Gasteiger charge is -2.39. The lowest BCUT2D eigenvalue weighted by molar-refractivity contribution is -0.145. The summed E-state index contributed by atoms with van der Waals surface area (Å²) in [6.45, 7) is 8.75. The number of carbonyl (C=O) groups is 2. The molecule has 0 spiro atoms. The molecule has 0 aromatic heterocycles. The Labute approximate surface area is 121 Å². The van der Waals surface area contributed by atoms with Crippen LogP contribution in [0.25, 0.3) is 0 Å². The van der Waals surface area contributed by atoms with Gasteiger partial charge >= 0.3 is 0 Å². The van der Waals surface area contributed by atoms with Crippen LogP contribution in [-0.4, -0.2) is 59.0 Å². The van der Waals surface area contributed by atoms with Gasteiger partial charge in [-0.15, -0.1) is 0 Å². The van der Waals surface area contributed by atoms with E-state index in [4.69, 9.17) is 0 Å². The van der Waals surface area contributed by atoms with Gasteiger partial charge in [-0.05, 0) is 26.7 Å². The first kappa shape index (κ1) is 17.0. The summed E-state index contributed by atoms with van der Waals surface area (Å²) in [7, 11) is 1.74. The molecule has 2 amide bonds. The second kappa shape index (κ2) is 6.57. The van der Waals surface area contributed by atoms with Crippen LogP contribution in [-0.2, 0) is 9.59 Å². The molecule has 20 heavy (non-hydrogen) atoms. The molecule has 1 aliphatic rings. The minimum Gasteiger partial charge on any atom is -0.394 e. The third-order valence-electron chi connectivity index (χ3n) is 4.28. The van der Waals surface area contributed by atoms with Crippen molar-refractivity contribution in [1.29, 1.82) is 0 Å². The van der Waals surface area contributed by atoms with Crippen molar-refractivity contribution in [1.82, 2.24) is 9.80 Å². The predicted octanol–water partition coefficient (Wildman–Crippen LogP) is 1.11. The largest absolute Gasteiger partial charge is 0.394 e. The highest BCUT2D eigenvalue weighted by Gasteiger charge is 2.34. The van der Waals surface area contributed by atoms with Crippen LogP contribution in [0.3, 0.4) is 0 Å². The monoisotopic (exact) mass is 284 g/mol. The topological polar surface area (TPSA) is 60.9 Å². The third kappa shape index (κ3) is 3.72. The van der Waals surface area contributed by atoms with E-state index in [2.05, 4.69) is 0 Å². The summed E-state index contributed by atoms with van der Waals surface area (Å²) in [5.74, 6) is 0.209. The van der Waals surface area contributed by atoms with Gasteiger partial charge in [0.05, 0.1) is 12.1 Å². The van der Waals surface area contributed by atoms with E-state index in [1.165, 1.54) is 0 Å². The molecule has 1 fully saturated rings. The zero-order chi connectivity index (χ0) is 15.5. The highest BCUT2D eigenvalue weighted by atomic mass is 16.3. The van der Waals surface area contributed by atoms with Gasteiger partial charge in [-0.25, -0.2) is 0 Å². The molecule has 0 saturated carbocycles. The van der Waals surface area contributed by atoms with E-state index in [0.717, 1.165) is 0 Å². The van der Waals surface area contributed by atoms with Gasteiger partial charge in [0, 0.05) is 32.0 Å². The first-order valence-corrected chi connectivity index (χ1v) is 7.38. The molecule has 0 aromatic carbocycles. The van der Waals surface area contributed by atoms with Crippen molar-refractivity contribution in [2.24, 2.45) is 11.8 Å². The number of aliphatic hydroxyl groups excluding tert-OH is 1. The second-order valence-corrected chi connectivity index (χ2v) is 6.62. The van der Waals surface area contributed by atoms with Crippen LogP contribution in [0, 0.1) is 11.8 Å². The van der Waals surface area contributed by atoms with Gasteiger partial charge in [-0.2, -0.15) is 0 Å². The van der Waals surface area contributed by atoms with E-state index in [9.17, 15) is 14.7 Å². The Morgan fingerprint density at radius 3 is 2.20 bits per heavy atom. The van der Waals surface area contributed by atoms with Gasteiger partial charge in [-0.3, -0.25) is 9.59 Å². The zero-order valence-corrected chi connectivity index (χ0v) is 13.3. The maximum absolute atomic E-state index is 12.4.